The fourth-order valence-electron chi connectivity index (χ4n) is 2.77. The van der Waals surface area contributed by atoms with E-state index in [-0.39, 0.29) is 11.8 Å². The van der Waals surface area contributed by atoms with E-state index in [9.17, 15) is 13.2 Å². The fraction of sp³-hybridized carbons (Fsp3) is 0.273. The van der Waals surface area contributed by atoms with Crippen LogP contribution in [0.4, 0.5) is 30.6 Å². The average molecular weight is 495 g/mol. The summed E-state index contributed by atoms with van der Waals surface area (Å²) in [5.41, 5.74) is 2.82. The van der Waals surface area contributed by atoms with Gasteiger partial charge >= 0.3 is 6.36 Å². The number of halogens is 4. The van der Waals surface area contributed by atoms with Gasteiger partial charge < -0.3 is 15.4 Å². The van der Waals surface area contributed by atoms with Crippen LogP contribution < -0.4 is 15.4 Å². The number of nitrogens with one attached hydrogen (secondary N) is 2. The Morgan fingerprint density at radius 1 is 1.10 bits per heavy atom. The lowest BCUT2D eigenvalue weighted by atomic mass is 10.1. The molecule has 9 heteroatoms. The minimum absolute atomic E-state index is 0.123. The van der Waals surface area contributed by atoms with Crippen LogP contribution in [0.3, 0.4) is 0 Å². The Balaban J connectivity index is 1.99. The molecule has 0 radical (unpaired) electrons. The molecule has 0 aliphatic carbocycles. The molecule has 0 bridgehead atoms. The molecule has 0 saturated heterocycles. The van der Waals surface area contributed by atoms with Crippen LogP contribution >= 0.6 is 15.9 Å². The molecule has 0 aliphatic rings. The van der Waals surface area contributed by atoms with Crippen LogP contribution in [0.15, 0.2) is 53.0 Å². The molecule has 0 amide bonds. The zero-order valence-electron chi connectivity index (χ0n) is 17.2. The zero-order chi connectivity index (χ0) is 22.6. The second-order valence-corrected chi connectivity index (χ2v) is 7.93. The van der Waals surface area contributed by atoms with Crippen LogP contribution in [0, 0.1) is 6.92 Å². The van der Waals surface area contributed by atoms with Gasteiger partial charge in [0.2, 0.25) is 5.95 Å². The SMILES string of the molecule is CC[C@H](C)Nc1nc(Nc2ccc(Br)c(C)c2)cc(-c2cccc(OC(F)(F)F)c2)n1. The van der Waals surface area contributed by atoms with Gasteiger partial charge in [0, 0.05) is 27.8 Å². The molecular formula is C22H22BrF3N4O. The number of aryl methyl sites for hydroxylation is 1. The lowest BCUT2D eigenvalue weighted by molar-refractivity contribution is -0.274. The fourth-order valence-corrected chi connectivity index (χ4v) is 3.02. The summed E-state index contributed by atoms with van der Waals surface area (Å²) in [5.74, 6) is 0.586. The molecular weight excluding hydrogens is 473 g/mol. The van der Waals surface area contributed by atoms with Crippen molar-refractivity contribution in [2.45, 2.75) is 39.6 Å². The van der Waals surface area contributed by atoms with Crippen molar-refractivity contribution in [2.24, 2.45) is 0 Å². The van der Waals surface area contributed by atoms with Gasteiger partial charge in [-0.1, -0.05) is 35.0 Å². The van der Waals surface area contributed by atoms with Crippen LogP contribution in [0.5, 0.6) is 5.75 Å². The van der Waals surface area contributed by atoms with Crippen molar-refractivity contribution in [1.82, 2.24) is 9.97 Å². The average Bonchev–Trinajstić information content (AvgIpc) is 2.69. The Morgan fingerprint density at radius 3 is 2.55 bits per heavy atom. The van der Waals surface area contributed by atoms with Gasteiger partial charge in [-0.3, -0.25) is 0 Å². The van der Waals surface area contributed by atoms with E-state index in [0.29, 0.717) is 23.0 Å². The van der Waals surface area contributed by atoms with Crippen molar-refractivity contribution in [3.63, 3.8) is 0 Å². The molecule has 3 aromatic rings. The Hall–Kier alpha value is -2.81. The van der Waals surface area contributed by atoms with Gasteiger partial charge in [-0.2, -0.15) is 4.98 Å². The molecule has 31 heavy (non-hydrogen) atoms. The highest BCUT2D eigenvalue weighted by Gasteiger charge is 2.31. The number of aromatic nitrogens is 2. The second-order valence-electron chi connectivity index (χ2n) is 7.08. The quantitative estimate of drug-likeness (QED) is 0.367. The normalized spacial score (nSPS) is 12.4. The number of rotatable bonds is 7. The smallest absolute Gasteiger partial charge is 0.406 e. The van der Waals surface area contributed by atoms with E-state index in [0.717, 1.165) is 22.1 Å². The van der Waals surface area contributed by atoms with E-state index < -0.39 is 6.36 Å². The van der Waals surface area contributed by atoms with E-state index in [1.807, 2.05) is 39.0 Å². The second kappa shape index (κ2) is 9.55. The van der Waals surface area contributed by atoms with Crippen molar-refractivity contribution >= 4 is 33.4 Å². The molecule has 0 unspecified atom stereocenters. The lowest BCUT2D eigenvalue weighted by Crippen LogP contribution is -2.17. The number of hydrogen-bond donors (Lipinski definition) is 2. The molecule has 1 atom stereocenters. The third-order valence-corrected chi connectivity index (χ3v) is 5.40. The van der Waals surface area contributed by atoms with Crippen LogP contribution in [-0.4, -0.2) is 22.4 Å². The van der Waals surface area contributed by atoms with Gasteiger partial charge in [0.05, 0.1) is 5.69 Å². The first-order chi connectivity index (χ1) is 14.6. The predicted octanol–water partition coefficient (Wildman–Crippen LogP) is 7.07. The van der Waals surface area contributed by atoms with Crippen molar-refractivity contribution in [2.75, 3.05) is 10.6 Å². The Bertz CT molecular complexity index is 1060. The molecule has 1 heterocycles. The van der Waals surface area contributed by atoms with Gasteiger partial charge in [0.15, 0.2) is 0 Å². The lowest BCUT2D eigenvalue weighted by Gasteiger charge is -2.15. The molecule has 0 fully saturated rings. The molecule has 164 valence electrons. The highest BCUT2D eigenvalue weighted by Crippen LogP contribution is 2.30. The highest BCUT2D eigenvalue weighted by atomic mass is 79.9. The van der Waals surface area contributed by atoms with E-state index >= 15 is 0 Å². The standard InChI is InChI=1S/C22H22BrF3N4O/c1-4-14(3)27-21-29-19(15-6-5-7-17(11-15)31-22(24,25)26)12-20(30-21)28-16-8-9-18(23)13(2)10-16/h5-12,14H,4H2,1-3H3,(H2,27,28,29,30)/t14-/m0/s1. The van der Waals surface area contributed by atoms with Crippen LogP contribution in [-0.2, 0) is 0 Å². The Labute approximate surface area is 187 Å². The van der Waals surface area contributed by atoms with Gasteiger partial charge in [-0.15, -0.1) is 13.2 Å². The summed E-state index contributed by atoms with van der Waals surface area (Å²) in [7, 11) is 0. The molecule has 3 rings (SSSR count). The first kappa shape index (κ1) is 22.9. The van der Waals surface area contributed by atoms with Gasteiger partial charge in [-0.25, -0.2) is 4.98 Å². The zero-order valence-corrected chi connectivity index (χ0v) is 18.8. The molecule has 0 aliphatic heterocycles. The van der Waals surface area contributed by atoms with Crippen molar-refractivity contribution < 1.29 is 17.9 Å². The molecule has 0 saturated carbocycles. The summed E-state index contributed by atoms with van der Waals surface area (Å²) < 4.78 is 42.9. The summed E-state index contributed by atoms with van der Waals surface area (Å²) >= 11 is 3.48. The number of anilines is 3. The van der Waals surface area contributed by atoms with Crippen LogP contribution in [0.1, 0.15) is 25.8 Å². The number of hydrogen-bond acceptors (Lipinski definition) is 5. The summed E-state index contributed by atoms with van der Waals surface area (Å²) in [4.78, 5) is 9.02. The van der Waals surface area contributed by atoms with Crippen molar-refractivity contribution in [1.29, 1.82) is 0 Å². The summed E-state index contributed by atoms with van der Waals surface area (Å²) in [6.07, 6.45) is -3.91. The van der Waals surface area contributed by atoms with Crippen LogP contribution in [0.2, 0.25) is 0 Å². The third-order valence-electron chi connectivity index (χ3n) is 4.51. The van der Waals surface area contributed by atoms with E-state index in [1.54, 1.807) is 12.1 Å². The molecule has 5 nitrogen and oxygen atoms in total. The van der Waals surface area contributed by atoms with Crippen LogP contribution in [0.25, 0.3) is 11.3 Å². The Kier molecular flexibility index (Phi) is 7.04. The van der Waals surface area contributed by atoms with Gasteiger partial charge in [-0.05, 0) is 56.2 Å². The van der Waals surface area contributed by atoms with Crippen molar-refractivity contribution in [3.05, 3.63) is 58.6 Å². The Morgan fingerprint density at radius 2 is 1.87 bits per heavy atom. The number of ether oxygens (including phenoxy) is 1. The first-order valence-electron chi connectivity index (χ1n) is 9.68. The summed E-state index contributed by atoms with van der Waals surface area (Å²) in [6.45, 7) is 6.00. The summed E-state index contributed by atoms with van der Waals surface area (Å²) in [6, 6.07) is 13.3. The minimum Gasteiger partial charge on any atom is -0.406 e. The largest absolute Gasteiger partial charge is 0.573 e. The van der Waals surface area contributed by atoms with E-state index in [4.69, 9.17) is 0 Å². The maximum Gasteiger partial charge on any atom is 0.573 e. The predicted molar refractivity (Wildman–Crippen MR) is 120 cm³/mol. The van der Waals surface area contributed by atoms with E-state index in [2.05, 4.69) is 41.3 Å². The maximum absolute atomic E-state index is 12.6. The molecule has 1 aromatic heterocycles. The minimum atomic E-state index is -4.76. The number of benzene rings is 2. The number of nitrogens with zero attached hydrogens (tertiary/aromatic N) is 2. The number of alkyl halides is 3. The topological polar surface area (TPSA) is 59.1 Å². The monoisotopic (exact) mass is 494 g/mol. The first-order valence-corrected chi connectivity index (χ1v) is 10.5. The van der Waals surface area contributed by atoms with E-state index in [1.165, 1.54) is 18.2 Å². The highest BCUT2D eigenvalue weighted by molar-refractivity contribution is 9.10. The van der Waals surface area contributed by atoms with Crippen molar-refractivity contribution in [3.8, 4) is 17.0 Å². The maximum atomic E-state index is 12.6. The van der Waals surface area contributed by atoms with Gasteiger partial charge in [0.25, 0.3) is 0 Å². The molecule has 2 N–H and O–H groups in total. The third kappa shape index (κ3) is 6.58. The molecule has 0 spiro atoms. The summed E-state index contributed by atoms with van der Waals surface area (Å²) in [5, 5.41) is 6.46. The van der Waals surface area contributed by atoms with Gasteiger partial charge in [0.1, 0.15) is 11.6 Å². The molecule has 2 aromatic carbocycles.